The molecule has 6 nitrogen and oxygen atoms in total. The maximum Gasteiger partial charge on any atom is 0.239 e. The van der Waals surface area contributed by atoms with E-state index in [0.29, 0.717) is 29.8 Å². The van der Waals surface area contributed by atoms with Crippen molar-refractivity contribution in [2.24, 2.45) is 0 Å². The average Bonchev–Trinajstić information content (AvgIpc) is 3.18. The molecule has 0 saturated heterocycles. The number of benzene rings is 1. The minimum atomic E-state index is -1.14. The van der Waals surface area contributed by atoms with Gasteiger partial charge in [0.15, 0.2) is 5.76 Å². The third-order valence-corrected chi connectivity index (χ3v) is 4.25. The summed E-state index contributed by atoms with van der Waals surface area (Å²) >= 11 is 0. The SMILES string of the molecule is Cc1cccc(OCCS(=O)Cc2nc(-c3ccco3)no2)c1. The van der Waals surface area contributed by atoms with Gasteiger partial charge in [-0.1, -0.05) is 17.3 Å². The van der Waals surface area contributed by atoms with Crippen LogP contribution in [0.3, 0.4) is 0 Å². The highest BCUT2D eigenvalue weighted by molar-refractivity contribution is 7.84. The number of hydrogen-bond acceptors (Lipinski definition) is 6. The lowest BCUT2D eigenvalue weighted by Crippen LogP contribution is -2.10. The van der Waals surface area contributed by atoms with Crippen LogP contribution in [0.2, 0.25) is 0 Å². The Kier molecular flexibility index (Phi) is 4.87. The molecule has 0 fully saturated rings. The minimum absolute atomic E-state index is 0.199. The highest BCUT2D eigenvalue weighted by atomic mass is 32.2. The summed E-state index contributed by atoms with van der Waals surface area (Å²) in [5.74, 6) is 2.58. The summed E-state index contributed by atoms with van der Waals surface area (Å²) in [6.07, 6.45) is 1.53. The van der Waals surface area contributed by atoms with Crippen molar-refractivity contribution in [1.82, 2.24) is 10.1 Å². The Morgan fingerprint density at radius 1 is 1.26 bits per heavy atom. The van der Waals surface area contributed by atoms with Crippen LogP contribution in [0.4, 0.5) is 0 Å². The highest BCUT2D eigenvalue weighted by Gasteiger charge is 2.13. The van der Waals surface area contributed by atoms with Gasteiger partial charge in [0.1, 0.15) is 11.5 Å². The van der Waals surface area contributed by atoms with E-state index >= 15 is 0 Å². The fraction of sp³-hybridized carbons (Fsp3) is 0.250. The number of ether oxygens (including phenoxy) is 1. The van der Waals surface area contributed by atoms with E-state index in [-0.39, 0.29) is 5.75 Å². The summed E-state index contributed by atoms with van der Waals surface area (Å²) in [5.41, 5.74) is 1.12. The van der Waals surface area contributed by atoms with Crippen molar-refractivity contribution in [2.75, 3.05) is 12.4 Å². The largest absolute Gasteiger partial charge is 0.493 e. The van der Waals surface area contributed by atoms with Crippen LogP contribution >= 0.6 is 0 Å². The Balaban J connectivity index is 1.48. The topological polar surface area (TPSA) is 78.4 Å². The number of nitrogens with zero attached hydrogens (tertiary/aromatic N) is 2. The third-order valence-electron chi connectivity index (χ3n) is 3.06. The van der Waals surface area contributed by atoms with Crippen molar-refractivity contribution in [2.45, 2.75) is 12.7 Å². The van der Waals surface area contributed by atoms with Gasteiger partial charge in [-0.2, -0.15) is 4.98 Å². The molecule has 0 bridgehead atoms. The lowest BCUT2D eigenvalue weighted by molar-refractivity contribution is 0.342. The maximum absolute atomic E-state index is 12.0. The number of hydrogen-bond donors (Lipinski definition) is 0. The Bertz CT molecular complexity index is 783. The second-order valence-corrected chi connectivity index (χ2v) is 6.52. The van der Waals surface area contributed by atoms with Crippen LogP contribution in [0.5, 0.6) is 5.75 Å². The van der Waals surface area contributed by atoms with Gasteiger partial charge < -0.3 is 13.7 Å². The van der Waals surface area contributed by atoms with E-state index in [0.717, 1.165) is 11.3 Å². The molecule has 1 aromatic carbocycles. The van der Waals surface area contributed by atoms with Crippen LogP contribution in [0.1, 0.15) is 11.5 Å². The number of furan rings is 1. The molecule has 7 heteroatoms. The van der Waals surface area contributed by atoms with E-state index in [2.05, 4.69) is 10.1 Å². The van der Waals surface area contributed by atoms with Gasteiger partial charge in [-0.25, -0.2) is 0 Å². The highest BCUT2D eigenvalue weighted by Crippen LogP contribution is 2.16. The maximum atomic E-state index is 12.0. The Morgan fingerprint density at radius 2 is 2.17 bits per heavy atom. The zero-order valence-corrected chi connectivity index (χ0v) is 13.4. The molecule has 120 valence electrons. The molecule has 0 aliphatic rings. The van der Waals surface area contributed by atoms with Gasteiger partial charge in [0.2, 0.25) is 11.7 Å². The first-order valence-electron chi connectivity index (χ1n) is 7.11. The summed E-state index contributed by atoms with van der Waals surface area (Å²) < 4.78 is 27.9. The summed E-state index contributed by atoms with van der Waals surface area (Å²) in [5, 5.41) is 3.80. The molecule has 0 aliphatic carbocycles. The predicted octanol–water partition coefficient (Wildman–Crippen LogP) is 2.97. The van der Waals surface area contributed by atoms with Crippen molar-refractivity contribution in [1.29, 1.82) is 0 Å². The zero-order valence-electron chi connectivity index (χ0n) is 12.6. The van der Waals surface area contributed by atoms with Crippen molar-refractivity contribution in [3.63, 3.8) is 0 Å². The molecule has 2 aromatic heterocycles. The molecule has 3 rings (SSSR count). The first-order valence-corrected chi connectivity index (χ1v) is 8.60. The first-order chi connectivity index (χ1) is 11.2. The predicted molar refractivity (Wildman–Crippen MR) is 85.4 cm³/mol. The number of aromatic nitrogens is 2. The Hall–Kier alpha value is -2.41. The van der Waals surface area contributed by atoms with Gasteiger partial charge in [-0.05, 0) is 36.8 Å². The molecule has 0 N–H and O–H groups in total. The lowest BCUT2D eigenvalue weighted by atomic mass is 10.2. The molecule has 3 aromatic rings. The third kappa shape index (κ3) is 4.29. The fourth-order valence-electron chi connectivity index (χ4n) is 1.99. The summed E-state index contributed by atoms with van der Waals surface area (Å²) in [6.45, 7) is 2.37. The molecule has 1 unspecified atom stereocenters. The molecule has 2 heterocycles. The molecular weight excluding hydrogens is 316 g/mol. The van der Waals surface area contributed by atoms with Crippen molar-refractivity contribution in [3.05, 3.63) is 54.1 Å². The summed E-state index contributed by atoms with van der Waals surface area (Å²) in [6, 6.07) is 11.2. The van der Waals surface area contributed by atoms with Gasteiger partial charge >= 0.3 is 0 Å². The molecule has 0 spiro atoms. The van der Waals surface area contributed by atoms with Crippen LogP contribution in [0.25, 0.3) is 11.6 Å². The van der Waals surface area contributed by atoms with E-state index in [1.807, 2.05) is 31.2 Å². The van der Waals surface area contributed by atoms with Crippen LogP contribution in [-0.4, -0.2) is 26.7 Å². The molecule has 23 heavy (non-hydrogen) atoms. The van der Waals surface area contributed by atoms with Gasteiger partial charge in [0, 0.05) is 10.8 Å². The number of rotatable bonds is 7. The van der Waals surface area contributed by atoms with Gasteiger partial charge in [0.05, 0.1) is 18.6 Å². The number of aryl methyl sites for hydroxylation is 1. The molecule has 0 aliphatic heterocycles. The molecular formula is C16H16N2O4S. The first kappa shape index (κ1) is 15.5. The van der Waals surface area contributed by atoms with Crippen LogP contribution in [0.15, 0.2) is 51.6 Å². The van der Waals surface area contributed by atoms with Crippen molar-refractivity contribution < 1.29 is 17.9 Å². The van der Waals surface area contributed by atoms with Gasteiger partial charge in [-0.15, -0.1) is 0 Å². The van der Waals surface area contributed by atoms with E-state index in [9.17, 15) is 4.21 Å². The van der Waals surface area contributed by atoms with E-state index in [1.165, 1.54) is 6.26 Å². The van der Waals surface area contributed by atoms with E-state index < -0.39 is 10.8 Å². The lowest BCUT2D eigenvalue weighted by Gasteiger charge is -2.05. The quantitative estimate of drug-likeness (QED) is 0.662. The minimum Gasteiger partial charge on any atom is -0.493 e. The average molecular weight is 332 g/mol. The van der Waals surface area contributed by atoms with E-state index in [1.54, 1.807) is 12.1 Å². The monoisotopic (exact) mass is 332 g/mol. The Labute approximate surface area is 135 Å². The van der Waals surface area contributed by atoms with Crippen LogP contribution in [-0.2, 0) is 16.6 Å². The summed E-state index contributed by atoms with van der Waals surface area (Å²) in [4.78, 5) is 4.17. The molecule has 0 saturated carbocycles. The van der Waals surface area contributed by atoms with Crippen molar-refractivity contribution in [3.8, 4) is 17.3 Å². The fourth-order valence-corrected chi connectivity index (χ4v) is 2.79. The van der Waals surface area contributed by atoms with Gasteiger partial charge in [-0.3, -0.25) is 4.21 Å². The van der Waals surface area contributed by atoms with Gasteiger partial charge in [0.25, 0.3) is 0 Å². The van der Waals surface area contributed by atoms with Crippen LogP contribution < -0.4 is 4.74 Å². The smallest absolute Gasteiger partial charge is 0.239 e. The molecule has 0 radical (unpaired) electrons. The standard InChI is InChI=1S/C16H16N2O4S/c1-12-4-2-5-13(10-12)20-8-9-23(19)11-15-17-16(18-22-15)14-6-3-7-21-14/h2-7,10H,8-9,11H2,1H3. The Morgan fingerprint density at radius 3 is 2.96 bits per heavy atom. The zero-order chi connectivity index (χ0) is 16.1. The second kappa shape index (κ2) is 7.23. The van der Waals surface area contributed by atoms with E-state index in [4.69, 9.17) is 13.7 Å². The van der Waals surface area contributed by atoms with Crippen molar-refractivity contribution >= 4 is 10.8 Å². The molecule has 0 amide bonds. The normalized spacial score (nSPS) is 12.2. The second-order valence-electron chi connectivity index (χ2n) is 4.94. The van der Waals surface area contributed by atoms with Crippen LogP contribution in [0, 0.1) is 6.92 Å². The summed E-state index contributed by atoms with van der Waals surface area (Å²) in [7, 11) is -1.14. The molecule has 1 atom stereocenters.